The van der Waals surface area contributed by atoms with Gasteiger partial charge in [0.1, 0.15) is 0 Å². The highest BCUT2D eigenvalue weighted by Gasteiger charge is 2.17. The Morgan fingerprint density at radius 2 is 1.89 bits per heavy atom. The van der Waals surface area contributed by atoms with Crippen LogP contribution in [0.1, 0.15) is 22.8 Å². The van der Waals surface area contributed by atoms with E-state index in [-0.39, 0.29) is 5.91 Å². The molecule has 98 valence electrons. The van der Waals surface area contributed by atoms with Crippen LogP contribution in [0.3, 0.4) is 0 Å². The normalized spacial score (nSPS) is 10.3. The topological polar surface area (TPSA) is 20.3 Å². The van der Waals surface area contributed by atoms with Crippen molar-refractivity contribution in [3.05, 3.63) is 63.2 Å². The lowest BCUT2D eigenvalue weighted by molar-refractivity contribution is 0.0988. The van der Waals surface area contributed by atoms with Gasteiger partial charge in [0.25, 0.3) is 5.91 Å². The van der Waals surface area contributed by atoms with Gasteiger partial charge in [-0.3, -0.25) is 4.79 Å². The number of anilines is 1. The third kappa shape index (κ3) is 3.15. The smallest absolute Gasteiger partial charge is 0.258 e. The van der Waals surface area contributed by atoms with Crippen molar-refractivity contribution in [2.75, 3.05) is 11.4 Å². The van der Waals surface area contributed by atoms with Crippen LogP contribution in [0.25, 0.3) is 0 Å². The third-order valence-corrected chi connectivity index (χ3v) is 3.71. The fourth-order valence-electron chi connectivity index (χ4n) is 2.07. The first-order chi connectivity index (χ1) is 9.13. The number of carbonyl (C=O) groups excluding carboxylic acids is 1. The minimum atomic E-state index is 0.0512. The molecule has 0 aliphatic heterocycles. The Morgan fingerprint density at radius 3 is 2.53 bits per heavy atom. The van der Waals surface area contributed by atoms with E-state index in [1.807, 2.05) is 67.3 Å². The lowest BCUT2D eigenvalue weighted by Gasteiger charge is -2.23. The zero-order valence-electron chi connectivity index (χ0n) is 11.1. The second-order valence-electron chi connectivity index (χ2n) is 4.35. The van der Waals surface area contributed by atoms with E-state index in [2.05, 4.69) is 22.6 Å². The van der Waals surface area contributed by atoms with E-state index < -0.39 is 0 Å². The molecular weight excluding hydrogens is 349 g/mol. The Morgan fingerprint density at radius 1 is 1.16 bits per heavy atom. The van der Waals surface area contributed by atoms with Crippen LogP contribution in [0.15, 0.2) is 48.5 Å². The van der Waals surface area contributed by atoms with Gasteiger partial charge in [-0.25, -0.2) is 0 Å². The fourth-order valence-corrected chi connectivity index (χ4v) is 2.61. The van der Waals surface area contributed by atoms with Gasteiger partial charge >= 0.3 is 0 Å². The van der Waals surface area contributed by atoms with E-state index in [1.165, 1.54) is 0 Å². The van der Waals surface area contributed by atoms with Crippen LogP contribution < -0.4 is 4.90 Å². The summed E-state index contributed by atoms with van der Waals surface area (Å²) in [5, 5.41) is 0. The molecule has 0 aliphatic carbocycles. The Labute approximate surface area is 127 Å². The molecule has 0 radical (unpaired) electrons. The molecule has 2 nitrogen and oxygen atoms in total. The van der Waals surface area contributed by atoms with Crippen LogP contribution in [-0.2, 0) is 0 Å². The van der Waals surface area contributed by atoms with E-state index in [0.717, 1.165) is 20.4 Å². The quantitative estimate of drug-likeness (QED) is 0.744. The molecule has 2 aromatic rings. The van der Waals surface area contributed by atoms with E-state index in [4.69, 9.17) is 0 Å². The number of hydrogen-bond acceptors (Lipinski definition) is 1. The summed E-state index contributed by atoms with van der Waals surface area (Å²) in [6.45, 7) is 4.69. The lowest BCUT2D eigenvalue weighted by Crippen LogP contribution is -2.31. The number of nitrogens with zero attached hydrogens (tertiary/aromatic N) is 1. The predicted molar refractivity (Wildman–Crippen MR) is 87.7 cm³/mol. The summed E-state index contributed by atoms with van der Waals surface area (Å²) >= 11 is 2.22. The van der Waals surface area contributed by atoms with Crippen LogP contribution >= 0.6 is 22.6 Å². The number of carbonyl (C=O) groups is 1. The van der Waals surface area contributed by atoms with Gasteiger partial charge in [-0.15, -0.1) is 0 Å². The van der Waals surface area contributed by atoms with Gasteiger partial charge in [-0.2, -0.15) is 0 Å². The molecule has 2 aromatic carbocycles. The van der Waals surface area contributed by atoms with Crippen molar-refractivity contribution in [2.45, 2.75) is 13.8 Å². The minimum Gasteiger partial charge on any atom is -0.308 e. The zero-order chi connectivity index (χ0) is 13.8. The number of halogens is 1. The summed E-state index contributed by atoms with van der Waals surface area (Å²) in [4.78, 5) is 14.4. The highest BCUT2D eigenvalue weighted by molar-refractivity contribution is 14.1. The molecule has 0 heterocycles. The summed E-state index contributed by atoms with van der Waals surface area (Å²) in [6.07, 6.45) is 0. The molecule has 2 rings (SSSR count). The number of para-hydroxylation sites is 1. The maximum Gasteiger partial charge on any atom is 0.258 e. The van der Waals surface area contributed by atoms with Crippen molar-refractivity contribution in [3.63, 3.8) is 0 Å². The lowest BCUT2D eigenvalue weighted by atomic mass is 10.1. The van der Waals surface area contributed by atoms with Crippen molar-refractivity contribution < 1.29 is 4.79 Å². The van der Waals surface area contributed by atoms with E-state index in [0.29, 0.717) is 6.54 Å². The molecule has 0 N–H and O–H groups in total. The standard InChI is InChI=1S/C16H16INO/c1-3-18(15-10-5-4-7-12(15)2)16(19)13-8-6-9-14(17)11-13/h4-11H,3H2,1-2H3. The predicted octanol–water partition coefficient (Wildman–Crippen LogP) is 4.27. The van der Waals surface area contributed by atoms with Gasteiger partial charge in [0.05, 0.1) is 0 Å². The second-order valence-corrected chi connectivity index (χ2v) is 5.59. The first-order valence-corrected chi connectivity index (χ1v) is 7.34. The van der Waals surface area contributed by atoms with Crippen molar-refractivity contribution in [1.82, 2.24) is 0 Å². The first kappa shape index (κ1) is 14.1. The monoisotopic (exact) mass is 365 g/mol. The number of benzene rings is 2. The van der Waals surface area contributed by atoms with Gasteiger partial charge < -0.3 is 4.90 Å². The second kappa shape index (κ2) is 6.19. The van der Waals surface area contributed by atoms with Gasteiger partial charge in [0.2, 0.25) is 0 Å². The molecule has 0 aromatic heterocycles. The summed E-state index contributed by atoms with van der Waals surface area (Å²) in [7, 11) is 0. The zero-order valence-corrected chi connectivity index (χ0v) is 13.2. The van der Waals surface area contributed by atoms with Crippen LogP contribution in [-0.4, -0.2) is 12.5 Å². The Kier molecular flexibility index (Phi) is 4.58. The maximum absolute atomic E-state index is 12.6. The molecule has 19 heavy (non-hydrogen) atoms. The minimum absolute atomic E-state index is 0.0512. The summed E-state index contributed by atoms with van der Waals surface area (Å²) < 4.78 is 1.07. The molecule has 0 fully saturated rings. The van der Waals surface area contributed by atoms with Gasteiger partial charge in [0.15, 0.2) is 0 Å². The van der Waals surface area contributed by atoms with Crippen LogP contribution in [0.5, 0.6) is 0 Å². The molecule has 1 amide bonds. The highest BCUT2D eigenvalue weighted by atomic mass is 127. The SMILES string of the molecule is CCN(C(=O)c1cccc(I)c1)c1ccccc1C. The summed E-state index contributed by atoms with van der Waals surface area (Å²) in [6, 6.07) is 15.7. The van der Waals surface area contributed by atoms with Gasteiger partial charge in [0, 0.05) is 21.4 Å². The average Bonchev–Trinajstić information content (AvgIpc) is 2.41. The first-order valence-electron chi connectivity index (χ1n) is 6.26. The Bertz CT molecular complexity index is 595. The molecule has 0 saturated carbocycles. The van der Waals surface area contributed by atoms with Crippen molar-refractivity contribution in [1.29, 1.82) is 0 Å². The fraction of sp³-hybridized carbons (Fsp3) is 0.188. The van der Waals surface area contributed by atoms with E-state index in [1.54, 1.807) is 0 Å². The summed E-state index contributed by atoms with van der Waals surface area (Å²) in [5.41, 5.74) is 2.83. The van der Waals surface area contributed by atoms with E-state index in [9.17, 15) is 4.79 Å². The molecule has 0 unspecified atom stereocenters. The van der Waals surface area contributed by atoms with Crippen LogP contribution in [0.4, 0.5) is 5.69 Å². The van der Waals surface area contributed by atoms with Gasteiger partial charge in [-0.05, 0) is 66.3 Å². The molecule has 0 bridgehead atoms. The molecule has 3 heteroatoms. The number of rotatable bonds is 3. The molecule has 0 aliphatic rings. The van der Waals surface area contributed by atoms with E-state index >= 15 is 0 Å². The largest absolute Gasteiger partial charge is 0.308 e. The van der Waals surface area contributed by atoms with Crippen molar-refractivity contribution in [2.24, 2.45) is 0 Å². The van der Waals surface area contributed by atoms with Crippen molar-refractivity contribution in [3.8, 4) is 0 Å². The van der Waals surface area contributed by atoms with Crippen LogP contribution in [0.2, 0.25) is 0 Å². The third-order valence-electron chi connectivity index (χ3n) is 3.04. The van der Waals surface area contributed by atoms with Gasteiger partial charge in [-0.1, -0.05) is 24.3 Å². The Hall–Kier alpha value is -1.36. The number of amides is 1. The van der Waals surface area contributed by atoms with Crippen LogP contribution in [0, 0.1) is 10.5 Å². The molecular formula is C16H16INO. The number of hydrogen-bond donors (Lipinski definition) is 0. The highest BCUT2D eigenvalue weighted by Crippen LogP contribution is 2.21. The average molecular weight is 365 g/mol. The molecule has 0 saturated heterocycles. The Balaban J connectivity index is 2.38. The maximum atomic E-state index is 12.6. The molecule has 0 spiro atoms. The molecule has 0 atom stereocenters. The summed E-state index contributed by atoms with van der Waals surface area (Å²) in [5.74, 6) is 0.0512. The number of aryl methyl sites for hydroxylation is 1. The van der Waals surface area contributed by atoms with Crippen molar-refractivity contribution >= 4 is 34.2 Å².